The average Bonchev–Trinajstić information content (AvgIpc) is 2.06. The zero-order valence-corrected chi connectivity index (χ0v) is 9.25. The van der Waals surface area contributed by atoms with E-state index in [1.54, 1.807) is 0 Å². The molecular weight excluding hydrogens is 176 g/mol. The van der Waals surface area contributed by atoms with Gasteiger partial charge in [-0.2, -0.15) is 0 Å². The second-order valence-electron chi connectivity index (χ2n) is 4.76. The summed E-state index contributed by atoms with van der Waals surface area (Å²) in [6, 6.07) is 0.265. The maximum Gasteiger partial charge on any atom is 0.223 e. The predicted molar refractivity (Wildman–Crippen MR) is 57.8 cm³/mol. The summed E-state index contributed by atoms with van der Waals surface area (Å²) in [6.07, 6.45) is 4.01. The molecule has 1 saturated carbocycles. The molecule has 1 aliphatic carbocycles. The molecule has 0 atom stereocenters. The maximum atomic E-state index is 11.4. The van der Waals surface area contributed by atoms with E-state index in [4.69, 9.17) is 5.73 Å². The van der Waals surface area contributed by atoms with Crippen LogP contribution in [0, 0.1) is 11.8 Å². The van der Waals surface area contributed by atoms with Crippen LogP contribution >= 0.6 is 0 Å². The van der Waals surface area contributed by atoms with E-state index in [0.717, 1.165) is 31.7 Å². The molecule has 1 amide bonds. The van der Waals surface area contributed by atoms with Crippen molar-refractivity contribution in [1.29, 1.82) is 0 Å². The fraction of sp³-hybridized carbons (Fsp3) is 0.909. The SMILES string of the molecule is CC(C)CCCNC(=O)C1CC(N)C1. The summed E-state index contributed by atoms with van der Waals surface area (Å²) < 4.78 is 0. The van der Waals surface area contributed by atoms with Crippen LogP contribution in [0.2, 0.25) is 0 Å². The standard InChI is InChI=1S/C11H22N2O/c1-8(2)4-3-5-13-11(14)9-6-10(12)7-9/h8-10H,3-7,12H2,1-2H3,(H,13,14). The minimum absolute atomic E-state index is 0.198. The molecule has 0 radical (unpaired) electrons. The van der Waals surface area contributed by atoms with Crippen molar-refractivity contribution >= 4 is 5.91 Å². The van der Waals surface area contributed by atoms with Gasteiger partial charge in [0.05, 0.1) is 0 Å². The Kier molecular flexibility index (Phi) is 4.39. The summed E-state index contributed by atoms with van der Waals surface area (Å²) in [5.74, 6) is 1.13. The van der Waals surface area contributed by atoms with Crippen molar-refractivity contribution in [2.24, 2.45) is 17.6 Å². The van der Waals surface area contributed by atoms with Crippen LogP contribution in [0.25, 0.3) is 0 Å². The number of hydrogen-bond donors (Lipinski definition) is 2. The highest BCUT2D eigenvalue weighted by Gasteiger charge is 2.31. The largest absolute Gasteiger partial charge is 0.356 e. The highest BCUT2D eigenvalue weighted by Crippen LogP contribution is 2.25. The molecule has 82 valence electrons. The van der Waals surface area contributed by atoms with E-state index in [1.807, 2.05) is 0 Å². The first-order valence-electron chi connectivity index (χ1n) is 5.63. The number of carbonyl (C=O) groups excluding carboxylic acids is 1. The molecule has 1 aliphatic rings. The molecular formula is C11H22N2O. The van der Waals surface area contributed by atoms with Crippen LogP contribution < -0.4 is 11.1 Å². The van der Waals surface area contributed by atoms with Gasteiger partial charge in [0.15, 0.2) is 0 Å². The minimum atomic E-state index is 0.198. The number of nitrogens with one attached hydrogen (secondary N) is 1. The van der Waals surface area contributed by atoms with Crippen LogP contribution in [-0.4, -0.2) is 18.5 Å². The molecule has 1 fully saturated rings. The van der Waals surface area contributed by atoms with Gasteiger partial charge in [-0.05, 0) is 31.6 Å². The van der Waals surface area contributed by atoms with E-state index in [-0.39, 0.29) is 17.9 Å². The van der Waals surface area contributed by atoms with E-state index in [1.165, 1.54) is 6.42 Å². The van der Waals surface area contributed by atoms with Crippen LogP contribution in [0.4, 0.5) is 0 Å². The number of nitrogens with two attached hydrogens (primary N) is 1. The van der Waals surface area contributed by atoms with Gasteiger partial charge >= 0.3 is 0 Å². The first-order chi connectivity index (χ1) is 6.59. The molecule has 0 aromatic heterocycles. The zero-order valence-electron chi connectivity index (χ0n) is 9.25. The number of carbonyl (C=O) groups is 1. The Balaban J connectivity index is 1.99. The first-order valence-corrected chi connectivity index (χ1v) is 5.63. The molecule has 0 saturated heterocycles. The van der Waals surface area contributed by atoms with Crippen molar-refractivity contribution in [2.45, 2.75) is 45.6 Å². The van der Waals surface area contributed by atoms with Crippen molar-refractivity contribution in [3.8, 4) is 0 Å². The van der Waals surface area contributed by atoms with Gasteiger partial charge in [0.25, 0.3) is 0 Å². The molecule has 3 nitrogen and oxygen atoms in total. The highest BCUT2D eigenvalue weighted by atomic mass is 16.1. The third-order valence-corrected chi connectivity index (χ3v) is 2.80. The average molecular weight is 198 g/mol. The lowest BCUT2D eigenvalue weighted by atomic mass is 9.80. The summed E-state index contributed by atoms with van der Waals surface area (Å²) >= 11 is 0. The van der Waals surface area contributed by atoms with Crippen molar-refractivity contribution in [3.63, 3.8) is 0 Å². The molecule has 0 spiro atoms. The normalized spacial score (nSPS) is 26.0. The molecule has 1 rings (SSSR count). The molecule has 0 bridgehead atoms. The lowest BCUT2D eigenvalue weighted by Crippen LogP contribution is -2.45. The fourth-order valence-corrected chi connectivity index (χ4v) is 1.74. The van der Waals surface area contributed by atoms with Gasteiger partial charge < -0.3 is 11.1 Å². The van der Waals surface area contributed by atoms with E-state index in [2.05, 4.69) is 19.2 Å². The lowest BCUT2D eigenvalue weighted by Gasteiger charge is -2.31. The fourth-order valence-electron chi connectivity index (χ4n) is 1.74. The van der Waals surface area contributed by atoms with Crippen LogP contribution in [0.15, 0.2) is 0 Å². The first kappa shape index (κ1) is 11.5. The Morgan fingerprint density at radius 3 is 2.64 bits per heavy atom. The van der Waals surface area contributed by atoms with E-state index in [0.29, 0.717) is 0 Å². The van der Waals surface area contributed by atoms with Crippen LogP contribution in [0.1, 0.15) is 39.5 Å². The van der Waals surface area contributed by atoms with E-state index < -0.39 is 0 Å². The third kappa shape index (κ3) is 3.66. The van der Waals surface area contributed by atoms with Crippen LogP contribution in [0.3, 0.4) is 0 Å². The number of rotatable bonds is 5. The topological polar surface area (TPSA) is 55.1 Å². The van der Waals surface area contributed by atoms with Gasteiger partial charge in [-0.15, -0.1) is 0 Å². The van der Waals surface area contributed by atoms with Gasteiger partial charge in [0.2, 0.25) is 5.91 Å². The molecule has 3 heteroatoms. The van der Waals surface area contributed by atoms with Gasteiger partial charge in [0.1, 0.15) is 0 Å². The van der Waals surface area contributed by atoms with Crippen molar-refractivity contribution in [3.05, 3.63) is 0 Å². The third-order valence-electron chi connectivity index (χ3n) is 2.80. The Labute approximate surface area is 86.4 Å². The zero-order chi connectivity index (χ0) is 10.6. The van der Waals surface area contributed by atoms with Crippen molar-refractivity contribution in [1.82, 2.24) is 5.32 Å². The molecule has 14 heavy (non-hydrogen) atoms. The Hall–Kier alpha value is -0.570. The Bertz CT molecular complexity index is 186. The maximum absolute atomic E-state index is 11.4. The summed E-state index contributed by atoms with van der Waals surface area (Å²) in [7, 11) is 0. The quantitative estimate of drug-likeness (QED) is 0.654. The smallest absolute Gasteiger partial charge is 0.223 e. The minimum Gasteiger partial charge on any atom is -0.356 e. The molecule has 0 aromatic carbocycles. The van der Waals surface area contributed by atoms with Crippen molar-refractivity contribution in [2.75, 3.05) is 6.54 Å². The summed E-state index contributed by atoms with van der Waals surface area (Å²) in [5.41, 5.74) is 5.62. The summed E-state index contributed by atoms with van der Waals surface area (Å²) in [6.45, 7) is 5.22. The second-order valence-corrected chi connectivity index (χ2v) is 4.76. The number of amides is 1. The highest BCUT2D eigenvalue weighted by molar-refractivity contribution is 5.79. The van der Waals surface area contributed by atoms with Gasteiger partial charge in [-0.3, -0.25) is 4.79 Å². The van der Waals surface area contributed by atoms with E-state index in [9.17, 15) is 4.79 Å². The second kappa shape index (κ2) is 5.35. The monoisotopic (exact) mass is 198 g/mol. The summed E-state index contributed by atoms with van der Waals surface area (Å²) in [5, 5.41) is 2.97. The molecule has 0 aliphatic heterocycles. The molecule has 0 unspecified atom stereocenters. The van der Waals surface area contributed by atoms with Gasteiger partial charge in [-0.1, -0.05) is 13.8 Å². The molecule has 0 heterocycles. The van der Waals surface area contributed by atoms with E-state index >= 15 is 0 Å². The molecule has 0 aromatic rings. The van der Waals surface area contributed by atoms with Gasteiger partial charge in [0, 0.05) is 18.5 Å². The van der Waals surface area contributed by atoms with Crippen LogP contribution in [0.5, 0.6) is 0 Å². The predicted octanol–water partition coefficient (Wildman–Crippen LogP) is 1.28. The van der Waals surface area contributed by atoms with Crippen molar-refractivity contribution < 1.29 is 4.79 Å². The molecule has 3 N–H and O–H groups in total. The summed E-state index contributed by atoms with van der Waals surface area (Å²) in [4.78, 5) is 11.4. The Morgan fingerprint density at radius 1 is 1.50 bits per heavy atom. The number of hydrogen-bond acceptors (Lipinski definition) is 2. The Morgan fingerprint density at radius 2 is 2.14 bits per heavy atom. The lowest BCUT2D eigenvalue weighted by molar-refractivity contribution is -0.127. The van der Waals surface area contributed by atoms with Gasteiger partial charge in [-0.25, -0.2) is 0 Å². The van der Waals surface area contributed by atoms with Crippen LogP contribution in [-0.2, 0) is 4.79 Å².